The van der Waals surface area contributed by atoms with Crippen molar-refractivity contribution in [1.82, 2.24) is 5.32 Å². The topological polar surface area (TPSA) is 38.3 Å². The van der Waals surface area contributed by atoms with Gasteiger partial charge in [0.2, 0.25) is 0 Å². The zero-order valence-electron chi connectivity index (χ0n) is 12.3. The minimum Gasteiger partial charge on any atom is -0.444 e. The van der Waals surface area contributed by atoms with Gasteiger partial charge in [0.25, 0.3) is 0 Å². The zero-order chi connectivity index (χ0) is 14.2. The van der Waals surface area contributed by atoms with Crippen molar-refractivity contribution in [2.24, 2.45) is 0 Å². The summed E-state index contributed by atoms with van der Waals surface area (Å²) >= 11 is 0. The van der Waals surface area contributed by atoms with Crippen molar-refractivity contribution in [3.05, 3.63) is 35.4 Å². The average Bonchev–Trinajstić information content (AvgIpc) is 2.27. The Balaban J connectivity index is 0.00000137. The van der Waals surface area contributed by atoms with Gasteiger partial charge in [0.1, 0.15) is 5.60 Å². The lowest BCUT2D eigenvalue weighted by molar-refractivity contribution is 0.0523. The Hall–Kier alpha value is -1.51. The molecule has 0 fully saturated rings. The highest BCUT2D eigenvalue weighted by atomic mass is 16.6. The van der Waals surface area contributed by atoms with Crippen LogP contribution in [0.5, 0.6) is 0 Å². The van der Waals surface area contributed by atoms with E-state index < -0.39 is 5.60 Å². The van der Waals surface area contributed by atoms with E-state index in [1.165, 1.54) is 5.56 Å². The third-order valence-electron chi connectivity index (χ3n) is 1.92. The molecule has 0 aromatic heterocycles. The van der Waals surface area contributed by atoms with Gasteiger partial charge in [-0.25, -0.2) is 4.79 Å². The first-order valence-corrected chi connectivity index (χ1v) is 6.39. The van der Waals surface area contributed by atoms with Gasteiger partial charge in [-0.15, -0.1) is 0 Å². The van der Waals surface area contributed by atoms with Gasteiger partial charge in [0.15, 0.2) is 0 Å². The molecule has 0 unspecified atom stereocenters. The Morgan fingerprint density at radius 3 is 2.39 bits per heavy atom. The fraction of sp³-hybridized carbons (Fsp3) is 0.533. The SMILES string of the molecule is CC.Cc1cccc(CNC(=O)OC(C)(C)C)c1. The molecule has 3 nitrogen and oxygen atoms in total. The van der Waals surface area contributed by atoms with E-state index in [-0.39, 0.29) is 6.09 Å². The molecule has 0 radical (unpaired) electrons. The quantitative estimate of drug-likeness (QED) is 0.861. The Morgan fingerprint density at radius 1 is 1.28 bits per heavy atom. The van der Waals surface area contributed by atoms with Crippen molar-refractivity contribution in [1.29, 1.82) is 0 Å². The van der Waals surface area contributed by atoms with Gasteiger partial charge in [-0.1, -0.05) is 43.7 Å². The lowest BCUT2D eigenvalue weighted by Gasteiger charge is -2.19. The van der Waals surface area contributed by atoms with Crippen LogP contribution in [-0.4, -0.2) is 11.7 Å². The van der Waals surface area contributed by atoms with E-state index in [0.717, 1.165) is 5.56 Å². The number of amides is 1. The summed E-state index contributed by atoms with van der Waals surface area (Å²) in [4.78, 5) is 11.4. The summed E-state index contributed by atoms with van der Waals surface area (Å²) in [6, 6.07) is 8.01. The van der Waals surface area contributed by atoms with Crippen molar-refractivity contribution < 1.29 is 9.53 Å². The minimum absolute atomic E-state index is 0.381. The summed E-state index contributed by atoms with van der Waals surface area (Å²) < 4.78 is 5.14. The second kappa shape index (κ2) is 7.75. The van der Waals surface area contributed by atoms with E-state index in [9.17, 15) is 4.79 Å². The largest absolute Gasteiger partial charge is 0.444 e. The van der Waals surface area contributed by atoms with Gasteiger partial charge in [-0.3, -0.25) is 0 Å². The van der Waals surface area contributed by atoms with Gasteiger partial charge in [-0.05, 0) is 33.3 Å². The summed E-state index contributed by atoms with van der Waals surface area (Å²) in [6.45, 7) is 12.1. The molecule has 0 saturated heterocycles. The molecule has 1 N–H and O–H groups in total. The summed E-state index contributed by atoms with van der Waals surface area (Å²) in [6.07, 6.45) is -0.381. The van der Waals surface area contributed by atoms with Crippen LogP contribution >= 0.6 is 0 Å². The molecule has 3 heteroatoms. The zero-order valence-corrected chi connectivity index (χ0v) is 12.3. The van der Waals surface area contributed by atoms with Crippen LogP contribution in [-0.2, 0) is 11.3 Å². The molecule has 0 bridgehead atoms. The van der Waals surface area contributed by atoms with Gasteiger partial charge < -0.3 is 10.1 Å². The normalized spacial score (nSPS) is 10.1. The Kier molecular flexibility index (Phi) is 7.10. The predicted octanol–water partition coefficient (Wildman–Crippen LogP) is 4.05. The monoisotopic (exact) mass is 251 g/mol. The number of nitrogens with one attached hydrogen (secondary N) is 1. The number of ether oxygens (including phenoxy) is 1. The number of alkyl carbamates (subject to hydrolysis) is 1. The molecule has 1 aromatic carbocycles. The third kappa shape index (κ3) is 7.71. The highest BCUT2D eigenvalue weighted by molar-refractivity contribution is 5.67. The standard InChI is InChI=1S/C13H19NO2.C2H6/c1-10-6-5-7-11(8-10)9-14-12(15)16-13(2,3)4;1-2/h5-8H,9H2,1-4H3,(H,14,15);1-2H3. The van der Waals surface area contributed by atoms with Crippen molar-refractivity contribution in [3.8, 4) is 0 Å². The van der Waals surface area contributed by atoms with Crippen LogP contribution in [0.15, 0.2) is 24.3 Å². The maximum absolute atomic E-state index is 11.4. The Morgan fingerprint density at radius 2 is 1.89 bits per heavy atom. The molecule has 102 valence electrons. The minimum atomic E-state index is -0.448. The fourth-order valence-electron chi connectivity index (χ4n) is 1.31. The van der Waals surface area contributed by atoms with Crippen LogP contribution in [0.1, 0.15) is 45.7 Å². The van der Waals surface area contributed by atoms with Gasteiger partial charge in [0.05, 0.1) is 0 Å². The highest BCUT2D eigenvalue weighted by Crippen LogP contribution is 2.07. The first kappa shape index (κ1) is 16.5. The fourth-order valence-corrected chi connectivity index (χ4v) is 1.31. The number of hydrogen-bond acceptors (Lipinski definition) is 2. The van der Waals surface area contributed by atoms with Gasteiger partial charge >= 0.3 is 6.09 Å². The Labute approximate surface area is 111 Å². The third-order valence-corrected chi connectivity index (χ3v) is 1.92. The average molecular weight is 251 g/mol. The highest BCUT2D eigenvalue weighted by Gasteiger charge is 2.15. The molecule has 1 amide bonds. The molecule has 0 heterocycles. The molecule has 18 heavy (non-hydrogen) atoms. The van der Waals surface area contributed by atoms with E-state index in [4.69, 9.17) is 4.74 Å². The lowest BCUT2D eigenvalue weighted by atomic mass is 10.1. The summed E-state index contributed by atoms with van der Waals surface area (Å²) in [7, 11) is 0. The number of carbonyl (C=O) groups is 1. The van der Waals surface area contributed by atoms with E-state index in [2.05, 4.69) is 5.32 Å². The van der Waals surface area contributed by atoms with Crippen LogP contribution < -0.4 is 5.32 Å². The number of rotatable bonds is 2. The molecule has 0 atom stereocenters. The molecule has 0 aliphatic carbocycles. The van der Waals surface area contributed by atoms with E-state index in [0.29, 0.717) is 6.54 Å². The number of benzene rings is 1. The van der Waals surface area contributed by atoms with Crippen LogP contribution in [0.25, 0.3) is 0 Å². The maximum atomic E-state index is 11.4. The molecular weight excluding hydrogens is 226 g/mol. The molecule has 1 rings (SSSR count). The number of hydrogen-bond donors (Lipinski definition) is 1. The summed E-state index contributed by atoms with van der Waals surface area (Å²) in [5.41, 5.74) is 1.81. The Bertz CT molecular complexity index is 367. The summed E-state index contributed by atoms with van der Waals surface area (Å²) in [5.74, 6) is 0. The van der Waals surface area contributed by atoms with Crippen molar-refractivity contribution >= 4 is 6.09 Å². The van der Waals surface area contributed by atoms with Gasteiger partial charge in [-0.2, -0.15) is 0 Å². The molecule has 0 aliphatic heterocycles. The molecule has 0 spiro atoms. The van der Waals surface area contributed by atoms with Gasteiger partial charge in [0, 0.05) is 6.54 Å². The second-order valence-electron chi connectivity index (χ2n) is 4.84. The van der Waals surface area contributed by atoms with Crippen LogP contribution in [0.2, 0.25) is 0 Å². The van der Waals surface area contributed by atoms with E-state index >= 15 is 0 Å². The van der Waals surface area contributed by atoms with Crippen LogP contribution in [0.3, 0.4) is 0 Å². The summed E-state index contributed by atoms with van der Waals surface area (Å²) in [5, 5.41) is 2.72. The van der Waals surface area contributed by atoms with Crippen molar-refractivity contribution in [2.45, 2.75) is 53.7 Å². The van der Waals surface area contributed by atoms with Crippen LogP contribution in [0.4, 0.5) is 4.79 Å². The number of carbonyl (C=O) groups excluding carboxylic acids is 1. The molecule has 1 aromatic rings. The first-order valence-electron chi connectivity index (χ1n) is 6.39. The lowest BCUT2D eigenvalue weighted by Crippen LogP contribution is -2.32. The van der Waals surface area contributed by atoms with Crippen molar-refractivity contribution in [3.63, 3.8) is 0 Å². The second-order valence-corrected chi connectivity index (χ2v) is 4.84. The number of aryl methyl sites for hydroxylation is 1. The maximum Gasteiger partial charge on any atom is 0.407 e. The molecule has 0 saturated carbocycles. The molecule has 0 aliphatic rings. The van der Waals surface area contributed by atoms with E-state index in [1.807, 2.05) is 65.8 Å². The molecular formula is C15H25NO2. The van der Waals surface area contributed by atoms with Crippen molar-refractivity contribution in [2.75, 3.05) is 0 Å². The first-order chi connectivity index (χ1) is 8.37. The van der Waals surface area contributed by atoms with E-state index in [1.54, 1.807) is 0 Å². The predicted molar refractivity (Wildman–Crippen MR) is 75.6 cm³/mol. The van der Waals surface area contributed by atoms with Crippen LogP contribution in [0, 0.1) is 6.92 Å². The smallest absolute Gasteiger partial charge is 0.407 e.